The molecule has 1 unspecified atom stereocenters. The lowest BCUT2D eigenvalue weighted by Gasteiger charge is -2.23. The van der Waals surface area contributed by atoms with Crippen molar-refractivity contribution in [3.05, 3.63) is 78.1 Å². The van der Waals surface area contributed by atoms with Crippen LogP contribution < -0.4 is 5.32 Å². The molecule has 1 aliphatic rings. The molecule has 3 heterocycles. The highest BCUT2D eigenvalue weighted by molar-refractivity contribution is 7.91. The van der Waals surface area contributed by atoms with E-state index in [1.165, 1.54) is 4.68 Å². The summed E-state index contributed by atoms with van der Waals surface area (Å²) in [7, 11) is -3.75. The maximum Gasteiger partial charge on any atom is 0.220 e. The monoisotopic (exact) mass is 406 g/mol. The lowest BCUT2D eigenvalue weighted by Crippen LogP contribution is -2.32. The Bertz CT molecular complexity index is 1320. The summed E-state index contributed by atoms with van der Waals surface area (Å²) in [5, 5.41) is 19.2. The van der Waals surface area contributed by atoms with E-state index in [0.29, 0.717) is 23.6 Å². The number of nitrogens with zero attached hydrogens (tertiary/aromatic N) is 3. The second-order valence-corrected chi connectivity index (χ2v) is 9.09. The fraction of sp³-hybridized carbons (Fsp3) is 0.143. The largest absolute Gasteiger partial charge is 0.493 e. The molecule has 7 nitrogen and oxygen atoms in total. The first-order valence-corrected chi connectivity index (χ1v) is 10.8. The van der Waals surface area contributed by atoms with Crippen molar-refractivity contribution in [1.82, 2.24) is 20.1 Å². The van der Waals surface area contributed by atoms with E-state index in [0.717, 1.165) is 10.8 Å². The van der Waals surface area contributed by atoms with E-state index in [4.69, 9.17) is 0 Å². The van der Waals surface area contributed by atoms with Gasteiger partial charge in [0, 0.05) is 19.3 Å². The molecule has 29 heavy (non-hydrogen) atoms. The molecule has 2 aromatic heterocycles. The number of pyridine rings is 1. The molecule has 0 radical (unpaired) electrons. The second kappa shape index (κ2) is 6.68. The first-order chi connectivity index (χ1) is 14.1. The predicted molar refractivity (Wildman–Crippen MR) is 109 cm³/mol. The minimum atomic E-state index is -3.75. The molecule has 0 spiro atoms. The van der Waals surface area contributed by atoms with Gasteiger partial charge in [0.2, 0.25) is 5.88 Å². The number of fused-ring (bicyclic) bond motifs is 2. The summed E-state index contributed by atoms with van der Waals surface area (Å²) < 4.78 is 28.3. The van der Waals surface area contributed by atoms with E-state index in [1.807, 2.05) is 24.3 Å². The zero-order valence-electron chi connectivity index (χ0n) is 15.4. The summed E-state index contributed by atoms with van der Waals surface area (Å²) in [5.74, 6) is 0.246. The van der Waals surface area contributed by atoms with Gasteiger partial charge in [-0.05, 0) is 35.0 Å². The third-order valence-electron chi connectivity index (χ3n) is 5.21. The van der Waals surface area contributed by atoms with Gasteiger partial charge in [-0.1, -0.05) is 36.4 Å². The maximum atomic E-state index is 13.5. The Balaban J connectivity index is 1.63. The predicted octanol–water partition coefficient (Wildman–Crippen LogP) is 2.74. The van der Waals surface area contributed by atoms with E-state index < -0.39 is 15.1 Å². The average Bonchev–Trinajstić information content (AvgIpc) is 3.10. The lowest BCUT2D eigenvalue weighted by atomic mass is 10.1. The van der Waals surface area contributed by atoms with Gasteiger partial charge in [-0.3, -0.25) is 0 Å². The zero-order valence-corrected chi connectivity index (χ0v) is 16.2. The van der Waals surface area contributed by atoms with Crippen LogP contribution in [0.15, 0.2) is 71.8 Å². The van der Waals surface area contributed by atoms with Gasteiger partial charge in [0.15, 0.2) is 15.7 Å². The topological polar surface area (TPSA) is 97.1 Å². The Morgan fingerprint density at radius 1 is 1.03 bits per heavy atom. The number of aromatic hydroxyl groups is 1. The molecule has 0 amide bonds. The number of aromatic nitrogens is 3. The summed E-state index contributed by atoms with van der Waals surface area (Å²) in [5.41, 5.74) is 0.844. The van der Waals surface area contributed by atoms with Crippen molar-refractivity contribution in [1.29, 1.82) is 0 Å². The van der Waals surface area contributed by atoms with Gasteiger partial charge in [0.05, 0.1) is 16.2 Å². The molecule has 2 aromatic carbocycles. The first kappa shape index (κ1) is 17.8. The Kier molecular flexibility index (Phi) is 4.11. The molecule has 0 saturated heterocycles. The molecule has 0 fully saturated rings. The van der Waals surface area contributed by atoms with Crippen LogP contribution in [0.1, 0.15) is 16.5 Å². The Labute approximate surface area is 167 Å². The lowest BCUT2D eigenvalue weighted by molar-refractivity contribution is 0.423. The van der Waals surface area contributed by atoms with Crippen molar-refractivity contribution < 1.29 is 13.5 Å². The van der Waals surface area contributed by atoms with E-state index >= 15 is 0 Å². The van der Waals surface area contributed by atoms with Crippen LogP contribution in [-0.2, 0) is 16.4 Å². The van der Waals surface area contributed by atoms with Crippen molar-refractivity contribution in [3.8, 4) is 11.7 Å². The molecule has 1 atom stereocenters. The van der Waals surface area contributed by atoms with Crippen LogP contribution >= 0.6 is 0 Å². The number of nitrogens with one attached hydrogen (secondary N) is 1. The van der Waals surface area contributed by atoms with Gasteiger partial charge in [0.25, 0.3) is 0 Å². The van der Waals surface area contributed by atoms with Crippen LogP contribution in [0, 0.1) is 0 Å². The summed E-state index contributed by atoms with van der Waals surface area (Å²) in [6.07, 6.45) is 1.59. The van der Waals surface area contributed by atoms with Crippen molar-refractivity contribution in [2.45, 2.75) is 16.7 Å². The van der Waals surface area contributed by atoms with E-state index in [2.05, 4.69) is 15.4 Å². The van der Waals surface area contributed by atoms with Crippen molar-refractivity contribution >= 4 is 20.6 Å². The summed E-state index contributed by atoms with van der Waals surface area (Å²) in [6.45, 7) is 0.579. The molecule has 4 aromatic rings. The van der Waals surface area contributed by atoms with Gasteiger partial charge < -0.3 is 10.4 Å². The molecule has 0 bridgehead atoms. The second-order valence-electron chi connectivity index (χ2n) is 6.96. The molecule has 1 aliphatic heterocycles. The molecule has 0 aliphatic carbocycles. The number of hydrogen-bond acceptors (Lipinski definition) is 6. The fourth-order valence-corrected chi connectivity index (χ4v) is 5.53. The highest BCUT2D eigenvalue weighted by Gasteiger charge is 2.38. The molecular weight excluding hydrogens is 388 g/mol. The quantitative estimate of drug-likeness (QED) is 0.543. The number of benzene rings is 2. The third kappa shape index (κ3) is 2.88. The smallest absolute Gasteiger partial charge is 0.220 e. The number of hydrogen-bond donors (Lipinski definition) is 2. The summed E-state index contributed by atoms with van der Waals surface area (Å²) in [4.78, 5) is 4.43. The van der Waals surface area contributed by atoms with Gasteiger partial charge in [-0.15, -0.1) is 0 Å². The van der Waals surface area contributed by atoms with Crippen LogP contribution in [-0.4, -0.2) is 34.8 Å². The van der Waals surface area contributed by atoms with Gasteiger partial charge in [-0.2, -0.15) is 9.78 Å². The van der Waals surface area contributed by atoms with Crippen LogP contribution in [0.4, 0.5) is 0 Å². The third-order valence-corrected chi connectivity index (χ3v) is 7.27. The highest BCUT2D eigenvalue weighted by atomic mass is 32.2. The SMILES string of the molecule is O=S(=O)(c1ccc2ccccc2c1)C1CNCc2nn(-c3ccccn3)c(O)c21. The molecule has 2 N–H and O–H groups in total. The van der Waals surface area contributed by atoms with Gasteiger partial charge in [0.1, 0.15) is 5.25 Å². The van der Waals surface area contributed by atoms with E-state index in [9.17, 15) is 13.5 Å². The maximum absolute atomic E-state index is 13.5. The highest BCUT2D eigenvalue weighted by Crippen LogP contribution is 2.39. The molecule has 5 rings (SSSR count). The standard InChI is InChI=1S/C21H18N4O3S/c26-21-20-17(24-25(21)19-7-3-4-10-23-19)12-22-13-18(20)29(27,28)16-9-8-14-5-1-2-6-15(14)11-16/h1-11,18,22,26H,12-13H2. The normalized spacial score (nSPS) is 16.6. The van der Waals surface area contributed by atoms with Crippen LogP contribution in [0.5, 0.6) is 5.88 Å². The summed E-state index contributed by atoms with van der Waals surface area (Å²) >= 11 is 0. The summed E-state index contributed by atoms with van der Waals surface area (Å²) in [6, 6.07) is 18.0. The molecular formula is C21H18N4O3S. The number of sulfone groups is 1. The van der Waals surface area contributed by atoms with E-state index in [1.54, 1.807) is 42.6 Å². The van der Waals surface area contributed by atoms with Crippen molar-refractivity contribution in [2.24, 2.45) is 0 Å². The zero-order chi connectivity index (χ0) is 20.0. The molecule has 0 saturated carbocycles. The Morgan fingerprint density at radius 3 is 2.62 bits per heavy atom. The minimum Gasteiger partial charge on any atom is -0.493 e. The minimum absolute atomic E-state index is 0.186. The van der Waals surface area contributed by atoms with Gasteiger partial charge in [-0.25, -0.2) is 13.4 Å². The molecule has 8 heteroatoms. The fourth-order valence-electron chi connectivity index (χ4n) is 3.76. The Hall–Kier alpha value is -3.23. The van der Waals surface area contributed by atoms with E-state index in [-0.39, 0.29) is 17.3 Å². The average molecular weight is 406 g/mol. The number of rotatable bonds is 3. The van der Waals surface area contributed by atoms with Crippen LogP contribution in [0.3, 0.4) is 0 Å². The van der Waals surface area contributed by atoms with Crippen LogP contribution in [0.2, 0.25) is 0 Å². The molecule has 146 valence electrons. The van der Waals surface area contributed by atoms with Crippen molar-refractivity contribution in [2.75, 3.05) is 6.54 Å². The van der Waals surface area contributed by atoms with Gasteiger partial charge >= 0.3 is 0 Å². The first-order valence-electron chi connectivity index (χ1n) is 9.21. The Morgan fingerprint density at radius 2 is 1.83 bits per heavy atom. The van der Waals surface area contributed by atoms with Crippen molar-refractivity contribution in [3.63, 3.8) is 0 Å². The van der Waals surface area contributed by atoms with Crippen LogP contribution in [0.25, 0.3) is 16.6 Å².